The fourth-order valence-corrected chi connectivity index (χ4v) is 2.75. The van der Waals surface area contributed by atoms with Gasteiger partial charge in [-0.05, 0) is 13.8 Å². The molecule has 20 heavy (non-hydrogen) atoms. The Kier molecular flexibility index (Phi) is 3.54. The molecule has 0 saturated heterocycles. The lowest BCUT2D eigenvalue weighted by molar-refractivity contribution is 0.894. The molecule has 104 valence electrons. The van der Waals surface area contributed by atoms with Crippen LogP contribution in [0.15, 0.2) is 11.7 Å². The van der Waals surface area contributed by atoms with Crippen LogP contribution in [0, 0.1) is 13.8 Å². The van der Waals surface area contributed by atoms with E-state index in [2.05, 4.69) is 30.7 Å². The molecule has 3 heterocycles. The zero-order valence-electron chi connectivity index (χ0n) is 11.1. The van der Waals surface area contributed by atoms with Gasteiger partial charge in [-0.25, -0.2) is 4.98 Å². The molecule has 3 aromatic heterocycles. The van der Waals surface area contributed by atoms with Crippen molar-refractivity contribution in [3.05, 3.63) is 33.1 Å². The number of hydrogen-bond acceptors (Lipinski definition) is 6. The molecule has 8 heteroatoms. The largest absolute Gasteiger partial charge is 0.369 e. The number of thiazole rings is 1. The maximum Gasteiger partial charge on any atom is 0.255 e. The molecule has 0 fully saturated rings. The maximum atomic E-state index is 6.11. The van der Waals surface area contributed by atoms with Gasteiger partial charge < -0.3 is 5.32 Å². The first-order chi connectivity index (χ1) is 9.65. The van der Waals surface area contributed by atoms with Crippen LogP contribution in [-0.4, -0.2) is 31.1 Å². The van der Waals surface area contributed by atoms with Crippen LogP contribution in [0.5, 0.6) is 0 Å². The van der Waals surface area contributed by atoms with Gasteiger partial charge in [0, 0.05) is 23.9 Å². The summed E-state index contributed by atoms with van der Waals surface area (Å²) in [4.78, 5) is 12.7. The van der Waals surface area contributed by atoms with E-state index in [4.69, 9.17) is 11.6 Å². The Balaban J connectivity index is 1.80. The minimum atomic E-state index is 0.442. The van der Waals surface area contributed by atoms with Crippen LogP contribution in [0.2, 0.25) is 5.15 Å². The monoisotopic (exact) mass is 308 g/mol. The van der Waals surface area contributed by atoms with E-state index in [1.54, 1.807) is 15.9 Å². The van der Waals surface area contributed by atoms with Gasteiger partial charge in [0.1, 0.15) is 17.3 Å². The van der Waals surface area contributed by atoms with Gasteiger partial charge in [-0.1, -0.05) is 11.6 Å². The Bertz CT molecular complexity index is 750. The molecule has 3 rings (SSSR count). The van der Waals surface area contributed by atoms with Gasteiger partial charge in [-0.15, -0.1) is 11.3 Å². The van der Waals surface area contributed by atoms with E-state index in [9.17, 15) is 0 Å². The number of nitrogens with zero attached hydrogens (tertiary/aromatic N) is 5. The summed E-state index contributed by atoms with van der Waals surface area (Å²) < 4.78 is 1.66. The Labute approximate surface area is 124 Å². The molecular weight excluding hydrogens is 296 g/mol. The van der Waals surface area contributed by atoms with Crippen molar-refractivity contribution in [3.63, 3.8) is 0 Å². The minimum Gasteiger partial charge on any atom is -0.369 e. The molecule has 0 aliphatic carbocycles. The summed E-state index contributed by atoms with van der Waals surface area (Å²) in [5.41, 5.74) is 1.95. The molecule has 0 unspecified atom stereocenters. The van der Waals surface area contributed by atoms with Gasteiger partial charge in [0.05, 0.1) is 10.7 Å². The Morgan fingerprint density at radius 1 is 1.35 bits per heavy atom. The first-order valence-corrected chi connectivity index (χ1v) is 7.41. The third kappa shape index (κ3) is 2.46. The third-order valence-corrected chi connectivity index (χ3v) is 4.13. The molecule has 3 aromatic rings. The molecule has 0 atom stereocenters. The highest BCUT2D eigenvalue weighted by atomic mass is 35.5. The lowest BCUT2D eigenvalue weighted by Crippen LogP contribution is -2.12. The predicted molar refractivity (Wildman–Crippen MR) is 79.6 cm³/mol. The second-order valence-electron chi connectivity index (χ2n) is 4.38. The highest BCUT2D eigenvalue weighted by Crippen LogP contribution is 2.22. The average molecular weight is 309 g/mol. The smallest absolute Gasteiger partial charge is 0.255 e. The van der Waals surface area contributed by atoms with Crippen molar-refractivity contribution < 1.29 is 0 Å². The van der Waals surface area contributed by atoms with Crippen LogP contribution in [0.1, 0.15) is 16.3 Å². The van der Waals surface area contributed by atoms with Crippen molar-refractivity contribution in [3.8, 4) is 0 Å². The van der Waals surface area contributed by atoms with Crippen LogP contribution in [0.3, 0.4) is 0 Å². The number of nitrogens with one attached hydrogen (secondary N) is 1. The summed E-state index contributed by atoms with van der Waals surface area (Å²) >= 11 is 7.77. The maximum absolute atomic E-state index is 6.11. The number of aromatic nitrogens is 5. The van der Waals surface area contributed by atoms with E-state index in [1.807, 2.05) is 13.8 Å². The van der Waals surface area contributed by atoms with Crippen molar-refractivity contribution in [2.45, 2.75) is 20.3 Å². The second-order valence-corrected chi connectivity index (χ2v) is 5.80. The fourth-order valence-electron chi connectivity index (χ4n) is 1.94. The third-order valence-electron chi connectivity index (χ3n) is 2.94. The summed E-state index contributed by atoms with van der Waals surface area (Å²) in [7, 11) is 0. The quantitative estimate of drug-likeness (QED) is 0.750. The van der Waals surface area contributed by atoms with Crippen molar-refractivity contribution in [2.24, 2.45) is 0 Å². The van der Waals surface area contributed by atoms with Crippen LogP contribution in [0.4, 0.5) is 5.82 Å². The molecule has 0 saturated carbocycles. The topological polar surface area (TPSA) is 68.0 Å². The molecule has 0 spiro atoms. The van der Waals surface area contributed by atoms with Crippen LogP contribution in [-0.2, 0) is 6.42 Å². The Morgan fingerprint density at radius 2 is 2.20 bits per heavy atom. The van der Waals surface area contributed by atoms with Crippen LogP contribution < -0.4 is 5.32 Å². The normalized spacial score (nSPS) is 11.2. The predicted octanol–water partition coefficient (Wildman–Crippen LogP) is 2.51. The van der Waals surface area contributed by atoms with Gasteiger partial charge in [0.25, 0.3) is 5.78 Å². The molecule has 0 radical (unpaired) electrons. The van der Waals surface area contributed by atoms with E-state index in [0.717, 1.165) is 35.0 Å². The summed E-state index contributed by atoms with van der Waals surface area (Å²) in [6, 6.07) is 0. The van der Waals surface area contributed by atoms with E-state index in [1.165, 1.54) is 6.33 Å². The van der Waals surface area contributed by atoms with E-state index in [-0.39, 0.29) is 0 Å². The minimum absolute atomic E-state index is 0.442. The van der Waals surface area contributed by atoms with Gasteiger partial charge in [-0.2, -0.15) is 19.6 Å². The number of aryl methyl sites for hydroxylation is 1. The molecule has 0 aromatic carbocycles. The zero-order valence-corrected chi connectivity index (χ0v) is 12.7. The standard InChI is InChI=1S/C12H13ClN6S/c1-7-10(13)18-12-15-6-16-19(12)11(7)14-4-3-9-5-20-8(2)17-9/h5-6,14H,3-4H2,1-2H3. The molecule has 0 aliphatic heterocycles. The SMILES string of the molecule is Cc1nc(CCNc2c(C)c(Cl)nc3ncnn23)cs1. The number of halogens is 1. The van der Waals surface area contributed by atoms with Crippen LogP contribution >= 0.6 is 22.9 Å². The van der Waals surface area contributed by atoms with Crippen molar-refractivity contribution in [2.75, 3.05) is 11.9 Å². The highest BCUT2D eigenvalue weighted by molar-refractivity contribution is 7.09. The van der Waals surface area contributed by atoms with E-state index in [0.29, 0.717) is 10.9 Å². The lowest BCUT2D eigenvalue weighted by Gasteiger charge is -2.11. The molecule has 6 nitrogen and oxygen atoms in total. The average Bonchev–Trinajstić information content (AvgIpc) is 3.03. The van der Waals surface area contributed by atoms with Gasteiger partial charge >= 0.3 is 0 Å². The first kappa shape index (κ1) is 13.3. The first-order valence-electron chi connectivity index (χ1n) is 6.16. The number of rotatable bonds is 4. The Morgan fingerprint density at radius 3 is 2.95 bits per heavy atom. The van der Waals surface area contributed by atoms with Crippen molar-refractivity contribution >= 4 is 34.5 Å². The van der Waals surface area contributed by atoms with Crippen molar-refractivity contribution in [1.29, 1.82) is 0 Å². The number of fused-ring (bicyclic) bond motifs is 1. The molecule has 0 aliphatic rings. The molecular formula is C12H13ClN6S. The summed E-state index contributed by atoms with van der Waals surface area (Å²) in [5.74, 6) is 1.32. The number of anilines is 1. The van der Waals surface area contributed by atoms with Crippen LogP contribution in [0.25, 0.3) is 5.78 Å². The van der Waals surface area contributed by atoms with Gasteiger partial charge in [-0.3, -0.25) is 0 Å². The lowest BCUT2D eigenvalue weighted by atomic mass is 10.3. The van der Waals surface area contributed by atoms with Crippen molar-refractivity contribution in [1.82, 2.24) is 24.6 Å². The summed E-state index contributed by atoms with van der Waals surface area (Å²) in [6.45, 7) is 4.67. The second kappa shape index (κ2) is 5.34. The van der Waals surface area contributed by atoms with Gasteiger partial charge in [0.2, 0.25) is 0 Å². The van der Waals surface area contributed by atoms with E-state index >= 15 is 0 Å². The Hall–Kier alpha value is -1.73. The molecule has 1 N–H and O–H groups in total. The highest BCUT2D eigenvalue weighted by Gasteiger charge is 2.11. The zero-order chi connectivity index (χ0) is 14.1. The van der Waals surface area contributed by atoms with E-state index < -0.39 is 0 Å². The number of hydrogen-bond donors (Lipinski definition) is 1. The fraction of sp³-hybridized carbons (Fsp3) is 0.333. The summed E-state index contributed by atoms with van der Waals surface area (Å²) in [5, 5.41) is 11.1. The molecule has 0 bridgehead atoms. The summed E-state index contributed by atoms with van der Waals surface area (Å²) in [6.07, 6.45) is 2.31. The van der Waals surface area contributed by atoms with Gasteiger partial charge in [0.15, 0.2) is 0 Å². The molecule has 0 amide bonds.